The van der Waals surface area contributed by atoms with Crippen LogP contribution in [0.3, 0.4) is 0 Å². The van der Waals surface area contributed by atoms with Crippen molar-refractivity contribution in [3.8, 4) is 0 Å². The molecular weight excluding hydrogens is 647 g/mol. The van der Waals surface area contributed by atoms with Gasteiger partial charge in [-0.25, -0.2) is 0 Å². The van der Waals surface area contributed by atoms with E-state index < -0.39 is 15.9 Å². The molecule has 4 fully saturated rings. The summed E-state index contributed by atoms with van der Waals surface area (Å²) in [5.41, 5.74) is 0.665. The SMILES string of the molecule is CCC/C=C\C/C=C\CCCCCCCC(=O)OC1CCC2(C)C(CCC3C2CCC2(C)C(C(C)CCC(=O)NCCS(=O)(=O)O)CCC32)C1. The van der Waals surface area contributed by atoms with Gasteiger partial charge in [0.1, 0.15) is 6.10 Å². The molecule has 4 saturated carbocycles. The van der Waals surface area contributed by atoms with E-state index >= 15 is 0 Å². The van der Waals surface area contributed by atoms with Crippen LogP contribution < -0.4 is 5.32 Å². The lowest BCUT2D eigenvalue weighted by molar-refractivity contribution is -0.162. The molecule has 0 radical (unpaired) electrons. The van der Waals surface area contributed by atoms with E-state index in [9.17, 15) is 18.0 Å². The molecule has 0 aliphatic heterocycles. The molecule has 50 heavy (non-hydrogen) atoms. The average molecular weight is 718 g/mol. The van der Waals surface area contributed by atoms with Gasteiger partial charge in [0, 0.05) is 19.4 Å². The highest BCUT2D eigenvalue weighted by atomic mass is 32.2. The lowest BCUT2D eigenvalue weighted by atomic mass is 9.44. The largest absolute Gasteiger partial charge is 0.462 e. The first-order chi connectivity index (χ1) is 23.9. The third-order valence-corrected chi connectivity index (χ3v) is 14.7. The number of hydrogen-bond donors (Lipinski definition) is 2. The zero-order valence-electron chi connectivity index (χ0n) is 32.0. The molecule has 2 N–H and O–H groups in total. The minimum atomic E-state index is -4.06. The van der Waals surface area contributed by atoms with Gasteiger partial charge in [-0.3, -0.25) is 14.1 Å². The van der Waals surface area contributed by atoms with Crippen molar-refractivity contribution in [1.82, 2.24) is 5.32 Å². The first-order valence-electron chi connectivity index (χ1n) is 20.6. The topological polar surface area (TPSA) is 110 Å². The Labute approximate surface area is 305 Å². The summed E-state index contributed by atoms with van der Waals surface area (Å²) in [6.45, 7) is 9.60. The summed E-state index contributed by atoms with van der Waals surface area (Å²) in [4.78, 5) is 25.2. The number of ether oxygens (including phenoxy) is 1. The lowest BCUT2D eigenvalue weighted by Gasteiger charge is -2.61. The summed E-state index contributed by atoms with van der Waals surface area (Å²) >= 11 is 0. The summed E-state index contributed by atoms with van der Waals surface area (Å²) in [5, 5.41) is 2.65. The maximum absolute atomic E-state index is 12.8. The lowest BCUT2D eigenvalue weighted by Crippen LogP contribution is -2.54. The van der Waals surface area contributed by atoms with Crippen LogP contribution in [-0.2, 0) is 24.4 Å². The van der Waals surface area contributed by atoms with Gasteiger partial charge < -0.3 is 10.1 Å². The van der Waals surface area contributed by atoms with Crippen molar-refractivity contribution >= 4 is 22.0 Å². The van der Waals surface area contributed by atoms with Gasteiger partial charge in [-0.15, -0.1) is 0 Å². The third-order valence-electron chi connectivity index (χ3n) is 14.0. The van der Waals surface area contributed by atoms with Gasteiger partial charge in [0.25, 0.3) is 10.1 Å². The van der Waals surface area contributed by atoms with E-state index in [1.165, 1.54) is 77.0 Å². The van der Waals surface area contributed by atoms with Crippen LogP contribution in [-0.4, -0.2) is 43.2 Å². The maximum atomic E-state index is 12.8. The molecule has 9 atom stereocenters. The molecule has 7 nitrogen and oxygen atoms in total. The van der Waals surface area contributed by atoms with Gasteiger partial charge in [0.2, 0.25) is 5.91 Å². The highest BCUT2D eigenvalue weighted by molar-refractivity contribution is 7.85. The average Bonchev–Trinajstić information content (AvgIpc) is 3.42. The van der Waals surface area contributed by atoms with E-state index in [-0.39, 0.29) is 24.5 Å². The van der Waals surface area contributed by atoms with Crippen molar-refractivity contribution in [3.63, 3.8) is 0 Å². The number of esters is 1. The number of carbonyl (C=O) groups is 2. The third kappa shape index (κ3) is 11.4. The van der Waals surface area contributed by atoms with Crippen LogP contribution in [0.4, 0.5) is 0 Å². The van der Waals surface area contributed by atoms with Crippen LogP contribution in [0.25, 0.3) is 0 Å². The molecule has 4 aliphatic carbocycles. The Bertz CT molecular complexity index is 1250. The molecule has 0 heterocycles. The molecule has 0 bridgehead atoms. The second kappa shape index (κ2) is 19.4. The first kappa shape index (κ1) is 41.1. The van der Waals surface area contributed by atoms with Gasteiger partial charge in [0.15, 0.2) is 0 Å². The number of amides is 1. The molecule has 0 aromatic heterocycles. The number of rotatable bonds is 20. The van der Waals surface area contributed by atoms with Gasteiger partial charge in [-0.05, 0) is 143 Å². The van der Waals surface area contributed by atoms with Crippen LogP contribution in [0.15, 0.2) is 24.3 Å². The van der Waals surface area contributed by atoms with E-state index in [2.05, 4.69) is 57.3 Å². The molecular formula is C42H71NO6S. The zero-order chi connectivity index (χ0) is 36.2. The summed E-state index contributed by atoms with van der Waals surface area (Å²) in [7, 11) is -4.06. The van der Waals surface area contributed by atoms with Crippen molar-refractivity contribution in [1.29, 1.82) is 0 Å². The summed E-state index contributed by atoms with van der Waals surface area (Å²) in [6.07, 6.45) is 32.2. The fourth-order valence-corrected chi connectivity index (χ4v) is 11.6. The van der Waals surface area contributed by atoms with Crippen LogP contribution in [0.5, 0.6) is 0 Å². The number of allylic oxidation sites excluding steroid dienone is 4. The van der Waals surface area contributed by atoms with Crippen molar-refractivity contribution < 1.29 is 27.3 Å². The minimum Gasteiger partial charge on any atom is -0.462 e. The molecule has 0 aromatic carbocycles. The van der Waals surface area contributed by atoms with E-state index in [1.54, 1.807) is 0 Å². The number of unbranched alkanes of at least 4 members (excludes halogenated alkanes) is 6. The molecule has 1 amide bonds. The predicted octanol–water partition coefficient (Wildman–Crippen LogP) is 10.0. The van der Waals surface area contributed by atoms with Crippen molar-refractivity contribution in [3.05, 3.63) is 24.3 Å². The summed E-state index contributed by atoms with van der Waals surface area (Å²) in [5.74, 6) is 3.44. The molecule has 8 heteroatoms. The second-order valence-electron chi connectivity index (χ2n) is 17.2. The van der Waals surface area contributed by atoms with E-state index in [1.807, 2.05) is 0 Å². The summed E-state index contributed by atoms with van der Waals surface area (Å²) < 4.78 is 36.9. The Hall–Kier alpha value is -1.67. The fourth-order valence-electron chi connectivity index (χ4n) is 11.2. The van der Waals surface area contributed by atoms with Gasteiger partial charge in [-0.2, -0.15) is 8.42 Å². The van der Waals surface area contributed by atoms with Gasteiger partial charge in [-0.1, -0.05) is 77.7 Å². The fraction of sp³-hybridized carbons (Fsp3) is 0.857. The Balaban J connectivity index is 1.15. The number of hydrogen-bond acceptors (Lipinski definition) is 5. The second-order valence-corrected chi connectivity index (χ2v) is 18.8. The molecule has 0 spiro atoms. The molecule has 9 unspecified atom stereocenters. The highest BCUT2D eigenvalue weighted by Gasteiger charge is 2.60. The van der Waals surface area contributed by atoms with Crippen molar-refractivity contribution in [2.45, 2.75) is 169 Å². The Morgan fingerprint density at radius 1 is 0.860 bits per heavy atom. The van der Waals surface area contributed by atoms with E-state index in [4.69, 9.17) is 9.29 Å². The quantitative estimate of drug-likeness (QED) is 0.0562. The van der Waals surface area contributed by atoms with Gasteiger partial charge in [0.05, 0.1) is 5.75 Å². The molecule has 0 saturated heterocycles. The zero-order valence-corrected chi connectivity index (χ0v) is 32.8. The summed E-state index contributed by atoms with van der Waals surface area (Å²) in [6, 6.07) is 0. The normalized spacial score (nSPS) is 33.1. The van der Waals surface area contributed by atoms with Crippen LogP contribution >= 0.6 is 0 Å². The van der Waals surface area contributed by atoms with E-state index in [0.29, 0.717) is 41.4 Å². The molecule has 286 valence electrons. The van der Waals surface area contributed by atoms with E-state index in [0.717, 1.165) is 62.7 Å². The predicted molar refractivity (Wildman–Crippen MR) is 203 cm³/mol. The number of carbonyl (C=O) groups excluding carboxylic acids is 2. The monoisotopic (exact) mass is 718 g/mol. The molecule has 4 rings (SSSR count). The Kier molecular flexibility index (Phi) is 16.0. The molecule has 0 aromatic rings. The first-order valence-corrected chi connectivity index (χ1v) is 22.2. The van der Waals surface area contributed by atoms with Gasteiger partial charge >= 0.3 is 5.97 Å². The Morgan fingerprint density at radius 3 is 2.32 bits per heavy atom. The van der Waals surface area contributed by atoms with Crippen LogP contribution in [0.2, 0.25) is 0 Å². The standard InChI is InChI=1S/C42H71NO6S/c1-5-6-7-8-9-10-11-12-13-14-15-16-17-18-40(45)49-34-25-27-41(3)33(31-34)20-21-35-37-23-22-36(42(37,4)28-26-38(35)41)32(2)19-24-39(44)43-29-30-50(46,47)48/h7-8,10-11,32-38H,5-6,9,12-31H2,1-4H3,(H,43,44)(H,46,47,48)/b8-7-,11-10-. The minimum absolute atomic E-state index is 0.0153. The maximum Gasteiger partial charge on any atom is 0.306 e. The Morgan fingerprint density at radius 2 is 1.56 bits per heavy atom. The van der Waals surface area contributed by atoms with Crippen LogP contribution in [0.1, 0.15) is 163 Å². The van der Waals surface area contributed by atoms with Crippen LogP contribution in [0, 0.1) is 46.3 Å². The highest BCUT2D eigenvalue weighted by Crippen LogP contribution is 2.68. The number of fused-ring (bicyclic) bond motifs is 5. The van der Waals surface area contributed by atoms with Crippen molar-refractivity contribution in [2.24, 2.45) is 46.3 Å². The number of nitrogens with one attached hydrogen (secondary N) is 1. The molecule has 4 aliphatic rings. The van der Waals surface area contributed by atoms with Crippen molar-refractivity contribution in [2.75, 3.05) is 12.3 Å². The smallest absolute Gasteiger partial charge is 0.306 e.